The van der Waals surface area contributed by atoms with Gasteiger partial charge in [-0.15, -0.1) is 0 Å². The number of aryl methyl sites for hydroxylation is 1. The molecule has 1 aliphatic heterocycles. The lowest BCUT2D eigenvalue weighted by Gasteiger charge is -2.24. The zero-order chi connectivity index (χ0) is 18.9. The molecule has 0 aliphatic carbocycles. The highest BCUT2D eigenvalue weighted by Gasteiger charge is 2.31. The number of carbonyl (C=O) groups is 1. The van der Waals surface area contributed by atoms with E-state index in [2.05, 4.69) is 10.3 Å². The monoisotopic (exact) mass is 393 g/mol. The summed E-state index contributed by atoms with van der Waals surface area (Å²) in [4.78, 5) is 18.5. The summed E-state index contributed by atoms with van der Waals surface area (Å²) in [7, 11) is -1.13. The first kappa shape index (κ1) is 18.7. The second-order valence-electron chi connectivity index (χ2n) is 6.49. The summed E-state index contributed by atoms with van der Waals surface area (Å²) in [6.45, 7) is 1.89. The molecule has 1 aliphatic rings. The summed E-state index contributed by atoms with van der Waals surface area (Å²) in [5.41, 5.74) is 1.97. The van der Waals surface area contributed by atoms with Crippen LogP contribution in [0.4, 0.5) is 11.5 Å². The molecule has 0 radical (unpaired) electrons. The van der Waals surface area contributed by atoms with E-state index in [0.717, 1.165) is 5.56 Å². The maximum Gasteiger partial charge on any atom is 0.257 e. The molecule has 1 N–H and O–H groups in total. The molecular weight excluding hydrogens is 374 g/mol. The zero-order valence-electron chi connectivity index (χ0n) is 14.6. The number of hydrogen-bond donors (Lipinski definition) is 1. The number of nitrogens with one attached hydrogen (secondary N) is 1. The summed E-state index contributed by atoms with van der Waals surface area (Å²) < 4.78 is 23.3. The van der Waals surface area contributed by atoms with Crippen molar-refractivity contribution >= 4 is 38.9 Å². The van der Waals surface area contributed by atoms with Crippen molar-refractivity contribution < 1.29 is 13.2 Å². The first-order valence-electron chi connectivity index (χ1n) is 8.22. The van der Waals surface area contributed by atoms with Crippen LogP contribution in [0.15, 0.2) is 36.5 Å². The van der Waals surface area contributed by atoms with Gasteiger partial charge in [0.2, 0.25) is 0 Å². The summed E-state index contributed by atoms with van der Waals surface area (Å²) in [6, 6.07) is 8.64. The van der Waals surface area contributed by atoms with Crippen molar-refractivity contribution in [2.75, 3.05) is 28.8 Å². The van der Waals surface area contributed by atoms with Crippen LogP contribution < -0.4 is 10.2 Å². The molecule has 3 rings (SSSR count). The van der Waals surface area contributed by atoms with Crippen LogP contribution in [-0.2, 0) is 9.84 Å². The first-order chi connectivity index (χ1) is 12.2. The topological polar surface area (TPSA) is 79.4 Å². The van der Waals surface area contributed by atoms with Gasteiger partial charge in [-0.1, -0.05) is 17.7 Å². The molecule has 138 valence electrons. The van der Waals surface area contributed by atoms with Gasteiger partial charge in [-0.3, -0.25) is 4.79 Å². The molecule has 6 nitrogen and oxygen atoms in total. The molecule has 1 unspecified atom stereocenters. The van der Waals surface area contributed by atoms with Gasteiger partial charge in [0.15, 0.2) is 9.84 Å². The minimum Gasteiger partial charge on any atom is -0.356 e. The van der Waals surface area contributed by atoms with Crippen LogP contribution >= 0.6 is 11.6 Å². The van der Waals surface area contributed by atoms with Crippen molar-refractivity contribution in [2.45, 2.75) is 19.4 Å². The number of nitrogens with zero attached hydrogens (tertiary/aromatic N) is 2. The molecule has 0 spiro atoms. The van der Waals surface area contributed by atoms with Crippen LogP contribution in [0, 0.1) is 6.92 Å². The Morgan fingerprint density at radius 3 is 2.65 bits per heavy atom. The van der Waals surface area contributed by atoms with E-state index in [9.17, 15) is 13.2 Å². The molecule has 1 fully saturated rings. The zero-order valence-corrected chi connectivity index (χ0v) is 16.1. The van der Waals surface area contributed by atoms with Crippen LogP contribution in [0.3, 0.4) is 0 Å². The Balaban J connectivity index is 1.68. The highest BCUT2D eigenvalue weighted by molar-refractivity contribution is 7.91. The van der Waals surface area contributed by atoms with Crippen molar-refractivity contribution in [1.29, 1.82) is 0 Å². The fraction of sp³-hybridized carbons (Fsp3) is 0.333. The second-order valence-corrected chi connectivity index (χ2v) is 9.13. The van der Waals surface area contributed by atoms with Gasteiger partial charge in [0, 0.05) is 30.0 Å². The number of pyridine rings is 1. The Morgan fingerprint density at radius 1 is 1.31 bits per heavy atom. The van der Waals surface area contributed by atoms with Crippen LogP contribution in [0.2, 0.25) is 5.02 Å². The van der Waals surface area contributed by atoms with Crippen molar-refractivity contribution in [1.82, 2.24) is 4.98 Å². The number of halogens is 1. The fourth-order valence-corrected chi connectivity index (χ4v) is 4.83. The minimum absolute atomic E-state index is 0.0816. The van der Waals surface area contributed by atoms with Crippen LogP contribution in [-0.4, -0.2) is 43.9 Å². The Kier molecular flexibility index (Phi) is 5.20. The van der Waals surface area contributed by atoms with Gasteiger partial charge in [-0.2, -0.15) is 0 Å². The predicted molar refractivity (Wildman–Crippen MR) is 104 cm³/mol. The third-order valence-electron chi connectivity index (χ3n) is 4.56. The number of sulfone groups is 1. The van der Waals surface area contributed by atoms with E-state index in [1.165, 1.54) is 6.20 Å². The summed E-state index contributed by atoms with van der Waals surface area (Å²) >= 11 is 6.07. The van der Waals surface area contributed by atoms with E-state index >= 15 is 0 Å². The van der Waals surface area contributed by atoms with Crippen molar-refractivity contribution in [2.24, 2.45) is 0 Å². The highest BCUT2D eigenvalue weighted by Crippen LogP contribution is 2.23. The molecule has 8 heteroatoms. The molecule has 1 atom stereocenters. The van der Waals surface area contributed by atoms with E-state index < -0.39 is 9.84 Å². The Hall–Kier alpha value is -2.12. The number of benzene rings is 1. The lowest BCUT2D eigenvalue weighted by Crippen LogP contribution is -2.33. The minimum atomic E-state index is -2.96. The summed E-state index contributed by atoms with van der Waals surface area (Å²) in [5.74, 6) is 0.709. The summed E-state index contributed by atoms with van der Waals surface area (Å²) in [5, 5.41) is 3.37. The van der Waals surface area contributed by atoms with E-state index in [4.69, 9.17) is 11.6 Å². The number of rotatable bonds is 4. The average molecular weight is 394 g/mol. The molecule has 0 saturated carbocycles. The van der Waals surface area contributed by atoms with Gasteiger partial charge in [-0.25, -0.2) is 13.4 Å². The number of anilines is 2. The summed E-state index contributed by atoms with van der Waals surface area (Å²) in [6.07, 6.45) is 2.08. The molecule has 2 heterocycles. The van der Waals surface area contributed by atoms with Crippen molar-refractivity contribution in [3.63, 3.8) is 0 Å². The largest absolute Gasteiger partial charge is 0.356 e. The first-order valence-corrected chi connectivity index (χ1v) is 10.4. The normalized spacial score (nSPS) is 18.5. The number of hydrogen-bond acceptors (Lipinski definition) is 5. The Bertz CT molecular complexity index is 929. The van der Waals surface area contributed by atoms with Crippen LogP contribution in [0.25, 0.3) is 0 Å². The molecule has 0 bridgehead atoms. The molecule has 26 heavy (non-hydrogen) atoms. The standard InChI is InChI=1S/C18H20ClN3O3S/c1-12-3-5-14(9-16(12)19)21-18(23)13-4-6-17(20-10-13)22(2)15-7-8-26(24,25)11-15/h3-6,9-10,15H,7-8,11H2,1-2H3,(H,21,23). The average Bonchev–Trinajstić information content (AvgIpc) is 2.97. The number of carbonyl (C=O) groups excluding carboxylic acids is 1. The lowest BCUT2D eigenvalue weighted by molar-refractivity contribution is 0.102. The maximum absolute atomic E-state index is 12.3. The van der Waals surface area contributed by atoms with Gasteiger partial charge in [0.1, 0.15) is 5.82 Å². The van der Waals surface area contributed by atoms with Crippen LogP contribution in [0.1, 0.15) is 22.3 Å². The van der Waals surface area contributed by atoms with Crippen LogP contribution in [0.5, 0.6) is 0 Å². The molecule has 1 amide bonds. The van der Waals surface area contributed by atoms with Gasteiger partial charge < -0.3 is 10.2 Å². The van der Waals surface area contributed by atoms with Crippen molar-refractivity contribution in [3.8, 4) is 0 Å². The van der Waals surface area contributed by atoms with E-state index in [0.29, 0.717) is 28.5 Å². The van der Waals surface area contributed by atoms with Crippen molar-refractivity contribution in [3.05, 3.63) is 52.7 Å². The highest BCUT2D eigenvalue weighted by atomic mass is 35.5. The van der Waals surface area contributed by atoms with E-state index in [1.807, 2.05) is 24.9 Å². The number of aromatic nitrogens is 1. The van der Waals surface area contributed by atoms with E-state index in [1.54, 1.807) is 24.3 Å². The SMILES string of the molecule is Cc1ccc(NC(=O)c2ccc(N(C)C3CCS(=O)(=O)C3)nc2)cc1Cl. The third-order valence-corrected chi connectivity index (χ3v) is 6.71. The van der Waals surface area contributed by atoms with Gasteiger partial charge >= 0.3 is 0 Å². The second kappa shape index (κ2) is 7.25. The van der Waals surface area contributed by atoms with Gasteiger partial charge in [0.05, 0.1) is 17.1 Å². The third kappa shape index (κ3) is 4.16. The predicted octanol–water partition coefficient (Wildman–Crippen LogP) is 2.92. The van der Waals surface area contributed by atoms with Gasteiger partial charge in [0.25, 0.3) is 5.91 Å². The molecule has 2 aromatic rings. The van der Waals surface area contributed by atoms with Gasteiger partial charge in [-0.05, 0) is 43.2 Å². The molecular formula is C18H20ClN3O3S. The molecule has 1 aromatic heterocycles. The molecule has 1 saturated heterocycles. The molecule has 1 aromatic carbocycles. The quantitative estimate of drug-likeness (QED) is 0.863. The lowest BCUT2D eigenvalue weighted by atomic mass is 10.2. The Labute approximate surface area is 158 Å². The number of amides is 1. The maximum atomic E-state index is 12.3. The fourth-order valence-electron chi connectivity index (χ4n) is 2.87. The smallest absolute Gasteiger partial charge is 0.257 e. The van der Waals surface area contributed by atoms with E-state index in [-0.39, 0.29) is 23.5 Å². The Morgan fingerprint density at radius 2 is 2.08 bits per heavy atom.